The van der Waals surface area contributed by atoms with Crippen LogP contribution in [0.2, 0.25) is 5.02 Å². The number of carbonyl (C=O) groups excluding carboxylic acids is 1. The lowest BCUT2D eigenvalue weighted by atomic mass is 10.2. The molecule has 104 valence electrons. The molecule has 1 fully saturated rings. The molecule has 2 N–H and O–H groups in total. The normalized spacial score (nSPS) is 14.4. The van der Waals surface area contributed by atoms with Crippen molar-refractivity contribution in [2.24, 2.45) is 0 Å². The van der Waals surface area contributed by atoms with E-state index < -0.39 is 0 Å². The van der Waals surface area contributed by atoms with Crippen LogP contribution in [0.4, 0.5) is 4.39 Å². The summed E-state index contributed by atoms with van der Waals surface area (Å²) < 4.78 is 13.1. The van der Waals surface area contributed by atoms with Gasteiger partial charge in [0, 0.05) is 24.0 Å². The zero-order chi connectivity index (χ0) is 13.7. The SMILES string of the molecule is O=C(CCCNCc1cc(F)cc(Cl)c1)NC1CC1. The maximum Gasteiger partial charge on any atom is 0.220 e. The van der Waals surface area contributed by atoms with Crippen LogP contribution in [0.3, 0.4) is 0 Å². The van der Waals surface area contributed by atoms with Crippen molar-refractivity contribution in [3.63, 3.8) is 0 Å². The van der Waals surface area contributed by atoms with Crippen LogP contribution in [0.25, 0.3) is 0 Å². The van der Waals surface area contributed by atoms with Gasteiger partial charge in [0.2, 0.25) is 5.91 Å². The lowest BCUT2D eigenvalue weighted by molar-refractivity contribution is -0.121. The molecule has 1 amide bonds. The second-order valence-corrected chi connectivity index (χ2v) is 5.34. The Labute approximate surface area is 117 Å². The molecule has 5 heteroatoms. The third-order valence-electron chi connectivity index (χ3n) is 2.95. The molecule has 1 aliphatic rings. The van der Waals surface area contributed by atoms with Crippen LogP contribution >= 0.6 is 11.6 Å². The summed E-state index contributed by atoms with van der Waals surface area (Å²) in [5.41, 5.74) is 0.812. The number of halogens is 2. The molecule has 0 unspecified atom stereocenters. The van der Waals surface area contributed by atoms with E-state index >= 15 is 0 Å². The van der Waals surface area contributed by atoms with E-state index in [4.69, 9.17) is 11.6 Å². The second kappa shape index (κ2) is 6.87. The standard InChI is InChI=1S/C14H18ClFN2O/c15-11-6-10(7-12(16)8-11)9-17-5-1-2-14(19)18-13-3-4-13/h6-8,13,17H,1-5,9H2,(H,18,19). The summed E-state index contributed by atoms with van der Waals surface area (Å²) >= 11 is 5.77. The third-order valence-corrected chi connectivity index (χ3v) is 3.17. The van der Waals surface area contributed by atoms with E-state index in [1.165, 1.54) is 12.1 Å². The molecule has 0 radical (unpaired) electrons. The lowest BCUT2D eigenvalue weighted by Crippen LogP contribution is -2.26. The molecule has 1 aromatic carbocycles. The summed E-state index contributed by atoms with van der Waals surface area (Å²) in [6.45, 7) is 1.29. The van der Waals surface area contributed by atoms with E-state index in [-0.39, 0.29) is 11.7 Å². The predicted octanol–water partition coefficient (Wildman–Crippen LogP) is 2.63. The highest BCUT2D eigenvalue weighted by Crippen LogP contribution is 2.18. The van der Waals surface area contributed by atoms with E-state index in [2.05, 4.69) is 10.6 Å². The Balaban J connectivity index is 1.59. The van der Waals surface area contributed by atoms with Gasteiger partial charge in [0.25, 0.3) is 0 Å². The molecule has 2 rings (SSSR count). The summed E-state index contributed by atoms with van der Waals surface area (Å²) in [6.07, 6.45) is 3.55. The number of nitrogens with one attached hydrogen (secondary N) is 2. The van der Waals surface area contributed by atoms with Gasteiger partial charge in [-0.3, -0.25) is 4.79 Å². The first-order valence-corrected chi connectivity index (χ1v) is 6.96. The van der Waals surface area contributed by atoms with Crippen LogP contribution in [0.1, 0.15) is 31.2 Å². The number of carbonyl (C=O) groups is 1. The number of amides is 1. The maximum atomic E-state index is 13.1. The van der Waals surface area contributed by atoms with Crippen molar-refractivity contribution in [2.45, 2.75) is 38.3 Å². The number of rotatable bonds is 7. The van der Waals surface area contributed by atoms with Gasteiger partial charge >= 0.3 is 0 Å². The van der Waals surface area contributed by atoms with Crippen LogP contribution in [0, 0.1) is 5.82 Å². The van der Waals surface area contributed by atoms with Gasteiger partial charge < -0.3 is 10.6 Å². The maximum absolute atomic E-state index is 13.1. The molecule has 0 aliphatic heterocycles. The molecule has 19 heavy (non-hydrogen) atoms. The highest BCUT2D eigenvalue weighted by Gasteiger charge is 2.22. The Bertz CT molecular complexity index is 429. The highest BCUT2D eigenvalue weighted by molar-refractivity contribution is 6.30. The highest BCUT2D eigenvalue weighted by atomic mass is 35.5. The van der Waals surface area contributed by atoms with E-state index in [0.29, 0.717) is 24.0 Å². The first-order valence-electron chi connectivity index (χ1n) is 6.58. The van der Waals surface area contributed by atoms with Gasteiger partial charge in [-0.15, -0.1) is 0 Å². The van der Waals surface area contributed by atoms with Crippen molar-refractivity contribution in [2.75, 3.05) is 6.54 Å². The van der Waals surface area contributed by atoms with Crippen molar-refractivity contribution >= 4 is 17.5 Å². The van der Waals surface area contributed by atoms with Crippen LogP contribution < -0.4 is 10.6 Å². The van der Waals surface area contributed by atoms with E-state index in [1.54, 1.807) is 6.07 Å². The molecular weight excluding hydrogens is 267 g/mol. The predicted molar refractivity (Wildman–Crippen MR) is 73.5 cm³/mol. The summed E-state index contributed by atoms with van der Waals surface area (Å²) in [4.78, 5) is 11.4. The minimum absolute atomic E-state index is 0.123. The molecule has 1 saturated carbocycles. The average Bonchev–Trinajstić information content (AvgIpc) is 3.11. The zero-order valence-electron chi connectivity index (χ0n) is 10.7. The van der Waals surface area contributed by atoms with Crippen molar-refractivity contribution in [1.82, 2.24) is 10.6 Å². The van der Waals surface area contributed by atoms with Crippen LogP contribution in [0.5, 0.6) is 0 Å². The van der Waals surface area contributed by atoms with Crippen LogP contribution in [-0.4, -0.2) is 18.5 Å². The fraction of sp³-hybridized carbons (Fsp3) is 0.500. The van der Waals surface area contributed by atoms with Crippen molar-refractivity contribution in [3.05, 3.63) is 34.6 Å². The smallest absolute Gasteiger partial charge is 0.220 e. The van der Waals surface area contributed by atoms with Gasteiger partial charge in [-0.1, -0.05) is 11.6 Å². The first-order chi connectivity index (χ1) is 9.13. The second-order valence-electron chi connectivity index (χ2n) is 4.90. The Hall–Kier alpha value is -1.13. The summed E-state index contributed by atoms with van der Waals surface area (Å²) in [7, 11) is 0. The molecule has 0 spiro atoms. The van der Waals surface area contributed by atoms with E-state index in [1.807, 2.05) is 0 Å². The monoisotopic (exact) mass is 284 g/mol. The topological polar surface area (TPSA) is 41.1 Å². The van der Waals surface area contributed by atoms with Gasteiger partial charge in [0.05, 0.1) is 0 Å². The molecular formula is C14H18ClFN2O. The molecule has 0 aromatic heterocycles. The lowest BCUT2D eigenvalue weighted by Gasteiger charge is -2.06. The van der Waals surface area contributed by atoms with Gasteiger partial charge in [0.1, 0.15) is 5.82 Å². The summed E-state index contributed by atoms with van der Waals surface area (Å²) in [5.74, 6) is -0.203. The molecule has 1 aromatic rings. The van der Waals surface area contributed by atoms with Crippen LogP contribution in [-0.2, 0) is 11.3 Å². The fourth-order valence-corrected chi connectivity index (χ4v) is 2.09. The average molecular weight is 285 g/mol. The molecule has 0 heterocycles. The molecule has 0 bridgehead atoms. The largest absolute Gasteiger partial charge is 0.353 e. The quantitative estimate of drug-likeness (QED) is 0.756. The van der Waals surface area contributed by atoms with E-state index in [9.17, 15) is 9.18 Å². The Morgan fingerprint density at radius 1 is 1.37 bits per heavy atom. The Morgan fingerprint density at radius 2 is 2.16 bits per heavy atom. The van der Waals surface area contributed by atoms with E-state index in [0.717, 1.165) is 31.4 Å². The number of hydrogen-bond donors (Lipinski definition) is 2. The van der Waals surface area contributed by atoms with Crippen molar-refractivity contribution in [1.29, 1.82) is 0 Å². The molecule has 1 aliphatic carbocycles. The zero-order valence-corrected chi connectivity index (χ0v) is 11.5. The van der Waals surface area contributed by atoms with Gasteiger partial charge in [-0.05, 0) is 49.6 Å². The van der Waals surface area contributed by atoms with Gasteiger partial charge in [-0.25, -0.2) is 4.39 Å². The summed E-state index contributed by atoms with van der Waals surface area (Å²) in [5, 5.41) is 6.52. The Morgan fingerprint density at radius 3 is 2.84 bits per heavy atom. The van der Waals surface area contributed by atoms with Gasteiger partial charge in [0.15, 0.2) is 0 Å². The molecule has 0 atom stereocenters. The minimum Gasteiger partial charge on any atom is -0.353 e. The minimum atomic E-state index is -0.326. The van der Waals surface area contributed by atoms with Crippen LogP contribution in [0.15, 0.2) is 18.2 Å². The number of benzene rings is 1. The van der Waals surface area contributed by atoms with Crippen molar-refractivity contribution < 1.29 is 9.18 Å². The molecule has 0 saturated heterocycles. The van der Waals surface area contributed by atoms with Gasteiger partial charge in [-0.2, -0.15) is 0 Å². The molecule has 3 nitrogen and oxygen atoms in total. The third kappa shape index (κ3) is 5.57. The fourth-order valence-electron chi connectivity index (χ4n) is 1.85. The Kier molecular flexibility index (Phi) is 5.16. The summed E-state index contributed by atoms with van der Waals surface area (Å²) in [6, 6.07) is 4.90. The van der Waals surface area contributed by atoms with Crippen molar-refractivity contribution in [3.8, 4) is 0 Å². The first kappa shape index (κ1) is 14.3. The number of hydrogen-bond acceptors (Lipinski definition) is 2.